The predicted octanol–water partition coefficient (Wildman–Crippen LogP) is 3.27. The molecule has 0 aliphatic carbocycles. The molecule has 6 nitrogen and oxygen atoms in total. The van der Waals surface area contributed by atoms with Gasteiger partial charge in [0.05, 0.1) is 31.5 Å². The molecule has 0 aliphatic heterocycles. The van der Waals surface area contributed by atoms with Crippen LogP contribution < -0.4 is 0 Å². The summed E-state index contributed by atoms with van der Waals surface area (Å²) in [4.78, 5) is 36.1. The van der Waals surface area contributed by atoms with Gasteiger partial charge in [0.25, 0.3) is 0 Å². The van der Waals surface area contributed by atoms with Crippen LogP contribution in [0.4, 0.5) is 0 Å². The summed E-state index contributed by atoms with van der Waals surface area (Å²) in [6, 6.07) is 0. The van der Waals surface area contributed by atoms with E-state index in [1.165, 1.54) is 0 Å². The topological polar surface area (TPSA) is 78.9 Å². The van der Waals surface area contributed by atoms with Crippen molar-refractivity contribution in [2.24, 2.45) is 11.8 Å². The average Bonchev–Trinajstić information content (AvgIpc) is 2.42. The average molecular weight is 344 g/mol. The van der Waals surface area contributed by atoms with Crippen molar-refractivity contribution in [2.45, 2.75) is 79.4 Å². The van der Waals surface area contributed by atoms with Crippen molar-refractivity contribution in [1.29, 1.82) is 0 Å². The number of carbonyl (C=O) groups excluding carboxylic acids is 3. The van der Waals surface area contributed by atoms with Gasteiger partial charge in [0.2, 0.25) is 0 Å². The summed E-state index contributed by atoms with van der Waals surface area (Å²) in [5.41, 5.74) is -0.652. The quantitative estimate of drug-likeness (QED) is 0.472. The first-order chi connectivity index (χ1) is 10.9. The van der Waals surface area contributed by atoms with E-state index in [4.69, 9.17) is 14.2 Å². The molecular weight excluding hydrogens is 312 g/mol. The van der Waals surface area contributed by atoms with Crippen molar-refractivity contribution in [3.05, 3.63) is 0 Å². The van der Waals surface area contributed by atoms with Crippen LogP contribution in [0, 0.1) is 11.8 Å². The Labute approximate surface area is 145 Å². The van der Waals surface area contributed by atoms with Gasteiger partial charge in [-0.1, -0.05) is 20.8 Å². The van der Waals surface area contributed by atoms with E-state index in [1.54, 1.807) is 27.7 Å². The molecule has 0 aliphatic rings. The lowest BCUT2D eigenvalue weighted by Gasteiger charge is -2.22. The van der Waals surface area contributed by atoms with E-state index >= 15 is 0 Å². The molecule has 140 valence electrons. The molecule has 0 heterocycles. The van der Waals surface area contributed by atoms with Gasteiger partial charge < -0.3 is 14.2 Å². The molecule has 2 unspecified atom stereocenters. The molecule has 0 aromatic rings. The Balaban J connectivity index is 4.85. The summed E-state index contributed by atoms with van der Waals surface area (Å²) < 4.78 is 15.6. The first-order valence-electron chi connectivity index (χ1n) is 8.52. The van der Waals surface area contributed by atoms with Crippen LogP contribution in [0.3, 0.4) is 0 Å². The first kappa shape index (κ1) is 22.4. The molecule has 24 heavy (non-hydrogen) atoms. The maximum atomic E-state index is 12.2. The highest BCUT2D eigenvalue weighted by Crippen LogP contribution is 2.18. The Morgan fingerprint density at radius 2 is 1.50 bits per heavy atom. The summed E-state index contributed by atoms with van der Waals surface area (Å²) in [6.45, 7) is 13.0. The lowest BCUT2D eigenvalue weighted by molar-refractivity contribution is -0.166. The van der Waals surface area contributed by atoms with Crippen LogP contribution in [0.5, 0.6) is 0 Å². The summed E-state index contributed by atoms with van der Waals surface area (Å²) in [7, 11) is 0. The second-order valence-electron chi connectivity index (χ2n) is 7.42. The highest BCUT2D eigenvalue weighted by Gasteiger charge is 2.30. The summed E-state index contributed by atoms with van der Waals surface area (Å²) >= 11 is 0. The monoisotopic (exact) mass is 344 g/mol. The van der Waals surface area contributed by atoms with Crippen molar-refractivity contribution in [3.63, 3.8) is 0 Å². The van der Waals surface area contributed by atoms with Crippen molar-refractivity contribution in [1.82, 2.24) is 0 Å². The van der Waals surface area contributed by atoms with Gasteiger partial charge in [-0.3, -0.25) is 14.4 Å². The highest BCUT2D eigenvalue weighted by atomic mass is 16.6. The molecule has 0 aromatic heterocycles. The maximum absolute atomic E-state index is 12.2. The molecule has 6 heteroatoms. The van der Waals surface area contributed by atoms with Crippen LogP contribution in [0.1, 0.15) is 67.7 Å². The van der Waals surface area contributed by atoms with Gasteiger partial charge >= 0.3 is 17.9 Å². The van der Waals surface area contributed by atoms with E-state index in [0.29, 0.717) is 6.42 Å². The van der Waals surface area contributed by atoms with Crippen molar-refractivity contribution >= 4 is 17.9 Å². The first-order valence-corrected chi connectivity index (χ1v) is 8.52. The molecule has 0 saturated heterocycles. The van der Waals surface area contributed by atoms with Crippen molar-refractivity contribution < 1.29 is 28.6 Å². The zero-order chi connectivity index (χ0) is 18.9. The molecule has 0 amide bonds. The molecule has 0 rings (SSSR count). The van der Waals surface area contributed by atoms with E-state index in [2.05, 4.69) is 0 Å². The van der Waals surface area contributed by atoms with Crippen molar-refractivity contribution in [2.75, 3.05) is 6.61 Å². The third kappa shape index (κ3) is 11.0. The molecule has 2 atom stereocenters. The molecule has 0 bridgehead atoms. The summed E-state index contributed by atoms with van der Waals surface area (Å²) in [5, 5.41) is 0. The van der Waals surface area contributed by atoms with Gasteiger partial charge in [-0.2, -0.15) is 0 Å². The number of ether oxygens (including phenoxy) is 3. The Morgan fingerprint density at radius 3 is 1.96 bits per heavy atom. The Kier molecular flexibility index (Phi) is 9.63. The minimum Gasteiger partial charge on any atom is -0.465 e. The Morgan fingerprint density at radius 1 is 0.958 bits per heavy atom. The van der Waals surface area contributed by atoms with Gasteiger partial charge in [0, 0.05) is 0 Å². The van der Waals surface area contributed by atoms with E-state index in [0.717, 1.165) is 0 Å². The fraction of sp³-hybridized carbons (Fsp3) is 0.833. The molecule has 0 N–H and O–H groups in total. The molecule has 0 radical (unpaired) electrons. The number of hydrogen-bond acceptors (Lipinski definition) is 6. The van der Waals surface area contributed by atoms with E-state index in [1.807, 2.05) is 20.8 Å². The zero-order valence-corrected chi connectivity index (χ0v) is 16.0. The fourth-order valence-electron chi connectivity index (χ4n) is 1.72. The van der Waals surface area contributed by atoms with E-state index < -0.39 is 29.4 Å². The van der Waals surface area contributed by atoms with E-state index in [-0.39, 0.29) is 31.5 Å². The minimum absolute atomic E-state index is 0.193. The second-order valence-corrected chi connectivity index (χ2v) is 7.42. The van der Waals surface area contributed by atoms with Crippen LogP contribution in [-0.2, 0) is 28.6 Å². The fourth-order valence-corrected chi connectivity index (χ4v) is 1.72. The summed E-state index contributed by atoms with van der Waals surface area (Å²) in [6.07, 6.45) is -0.0157. The molecular formula is C18H32O6. The van der Waals surface area contributed by atoms with E-state index in [9.17, 15) is 14.4 Å². The van der Waals surface area contributed by atoms with Gasteiger partial charge in [-0.05, 0) is 40.0 Å². The third-order valence-corrected chi connectivity index (χ3v) is 3.05. The number of carbonyl (C=O) groups is 3. The van der Waals surface area contributed by atoms with Gasteiger partial charge in [0.1, 0.15) is 5.60 Å². The second kappa shape index (κ2) is 10.3. The largest absolute Gasteiger partial charge is 0.465 e. The maximum Gasteiger partial charge on any atom is 0.310 e. The zero-order valence-electron chi connectivity index (χ0n) is 16.0. The highest BCUT2D eigenvalue weighted by molar-refractivity contribution is 5.84. The number of rotatable bonds is 9. The molecule has 0 fully saturated rings. The van der Waals surface area contributed by atoms with Crippen LogP contribution in [0.2, 0.25) is 0 Å². The SMILES string of the molecule is CCC(C)OC(=O)C(CC(=O)OCC(C)C)CC(=O)OC(C)(C)C. The minimum atomic E-state index is -0.895. The molecule has 0 aromatic carbocycles. The Bertz CT molecular complexity index is 422. The molecule has 0 spiro atoms. The number of hydrogen-bond donors (Lipinski definition) is 0. The lowest BCUT2D eigenvalue weighted by Crippen LogP contribution is -2.31. The lowest BCUT2D eigenvalue weighted by atomic mass is 10.0. The number of esters is 3. The van der Waals surface area contributed by atoms with Gasteiger partial charge in [0.15, 0.2) is 0 Å². The van der Waals surface area contributed by atoms with Crippen molar-refractivity contribution in [3.8, 4) is 0 Å². The van der Waals surface area contributed by atoms with Crippen LogP contribution in [0.15, 0.2) is 0 Å². The smallest absolute Gasteiger partial charge is 0.310 e. The van der Waals surface area contributed by atoms with Crippen LogP contribution in [-0.4, -0.2) is 36.2 Å². The van der Waals surface area contributed by atoms with Gasteiger partial charge in [-0.25, -0.2) is 0 Å². The third-order valence-electron chi connectivity index (χ3n) is 3.05. The summed E-state index contributed by atoms with van der Waals surface area (Å²) in [5.74, 6) is -2.32. The van der Waals surface area contributed by atoms with Crippen LogP contribution >= 0.6 is 0 Å². The van der Waals surface area contributed by atoms with Gasteiger partial charge in [-0.15, -0.1) is 0 Å². The van der Waals surface area contributed by atoms with Crippen LogP contribution in [0.25, 0.3) is 0 Å². The normalized spacial score (nSPS) is 14.0. The standard InChI is InChI=1S/C18H32O6/c1-8-13(4)23-17(21)14(9-15(19)22-11-12(2)3)10-16(20)24-18(5,6)7/h12-14H,8-11H2,1-7H3. The molecule has 0 saturated carbocycles. The Hall–Kier alpha value is -1.59. The predicted molar refractivity (Wildman–Crippen MR) is 90.2 cm³/mol.